The van der Waals surface area contributed by atoms with Crippen LogP contribution in [-0.4, -0.2) is 31.1 Å². The van der Waals surface area contributed by atoms with Crippen LogP contribution in [0, 0.1) is 0 Å². The summed E-state index contributed by atoms with van der Waals surface area (Å²) in [5.74, 6) is 1.08. The molecule has 0 atom stereocenters. The molecule has 0 unspecified atom stereocenters. The lowest BCUT2D eigenvalue weighted by Gasteiger charge is -1.91. The number of Topliss-reactive ketones (excluding diaryl/α,β-unsaturated/α-hetero) is 1. The van der Waals surface area contributed by atoms with Crippen LogP contribution in [0.5, 0.6) is 0 Å². The van der Waals surface area contributed by atoms with Crippen molar-refractivity contribution in [2.75, 3.05) is 18.6 Å². The van der Waals surface area contributed by atoms with Gasteiger partial charge in [0.15, 0.2) is 5.78 Å². The van der Waals surface area contributed by atoms with Crippen LogP contribution in [-0.2, 0) is 4.79 Å². The average Bonchev–Trinajstić information content (AvgIpc) is 1.85. The van der Waals surface area contributed by atoms with Gasteiger partial charge in [0.2, 0.25) is 0 Å². The molecule has 0 aromatic heterocycles. The van der Waals surface area contributed by atoms with E-state index in [-0.39, 0.29) is 12.3 Å². The first kappa shape index (κ1) is 8.69. The summed E-state index contributed by atoms with van der Waals surface area (Å²) in [6.45, 7) is 3.51. The number of thioether (sulfide) groups is 1. The third kappa shape index (κ3) is 5.56. The molecule has 0 radical (unpaired) electrons. The van der Waals surface area contributed by atoms with E-state index in [9.17, 15) is 4.79 Å². The highest BCUT2D eigenvalue weighted by atomic mass is 32.2. The zero-order valence-electron chi connectivity index (χ0n) is 5.59. The number of aliphatic imine (C=N–C) groups is 1. The second-order valence-electron chi connectivity index (χ2n) is 1.66. The van der Waals surface area contributed by atoms with Gasteiger partial charge in [-0.25, -0.2) is 0 Å². The summed E-state index contributed by atoms with van der Waals surface area (Å²) in [6, 6.07) is 0. The molecule has 0 amide bonds. The van der Waals surface area contributed by atoms with Crippen molar-refractivity contribution < 1.29 is 4.79 Å². The summed E-state index contributed by atoms with van der Waals surface area (Å²) in [7, 11) is 0. The summed E-state index contributed by atoms with van der Waals surface area (Å²) < 4.78 is 0. The fraction of sp³-hybridized carbons (Fsp3) is 0.667. The Balaban J connectivity index is 3.16. The summed E-state index contributed by atoms with van der Waals surface area (Å²) in [5, 5.41) is 0. The number of rotatable bonds is 5. The number of nitrogens with zero attached hydrogens (tertiary/aromatic N) is 1. The van der Waals surface area contributed by atoms with Crippen LogP contribution < -0.4 is 0 Å². The molecule has 9 heavy (non-hydrogen) atoms. The Bertz CT molecular complexity index is 103. The number of ketones is 1. The van der Waals surface area contributed by atoms with E-state index in [1.54, 1.807) is 11.8 Å². The maximum Gasteiger partial charge on any atom is 0.154 e. The first-order valence-corrected chi connectivity index (χ1v) is 4.13. The number of carbonyl (C=O) groups excluding carboxylic acids is 1. The highest BCUT2D eigenvalue weighted by Crippen LogP contribution is 1.95. The molecule has 0 N–H and O–H groups in total. The molecule has 0 aliphatic heterocycles. The third-order valence-electron chi connectivity index (χ3n) is 0.873. The maximum absolute atomic E-state index is 10.7. The highest BCUT2D eigenvalue weighted by molar-refractivity contribution is 7.98. The van der Waals surface area contributed by atoms with E-state index < -0.39 is 0 Å². The second kappa shape index (κ2) is 5.82. The van der Waals surface area contributed by atoms with Crippen molar-refractivity contribution in [3.63, 3.8) is 0 Å². The minimum Gasteiger partial charge on any atom is -0.298 e. The minimum absolute atomic E-state index is 0.180. The molecular formula is C6H11NOS. The Morgan fingerprint density at radius 1 is 1.78 bits per heavy atom. The second-order valence-corrected chi connectivity index (χ2v) is 2.65. The summed E-state index contributed by atoms with van der Waals surface area (Å²) in [5.41, 5.74) is 0. The predicted octanol–water partition coefficient (Wildman–Crippen LogP) is 1.01. The van der Waals surface area contributed by atoms with Gasteiger partial charge >= 0.3 is 0 Å². The van der Waals surface area contributed by atoms with E-state index in [1.165, 1.54) is 0 Å². The molecular weight excluding hydrogens is 134 g/mol. The SMILES string of the molecule is C=NCC(=O)CCSC. The number of carbonyl (C=O) groups is 1. The molecule has 0 bridgehead atoms. The van der Waals surface area contributed by atoms with E-state index in [2.05, 4.69) is 11.7 Å². The fourth-order valence-electron chi connectivity index (χ4n) is 0.420. The van der Waals surface area contributed by atoms with Crippen LogP contribution in [0.4, 0.5) is 0 Å². The summed E-state index contributed by atoms with van der Waals surface area (Å²) >= 11 is 1.67. The van der Waals surface area contributed by atoms with Crippen molar-refractivity contribution in [2.24, 2.45) is 4.99 Å². The Morgan fingerprint density at radius 2 is 2.44 bits per heavy atom. The van der Waals surface area contributed by atoms with Crippen molar-refractivity contribution in [1.82, 2.24) is 0 Å². The minimum atomic E-state index is 0.180. The Morgan fingerprint density at radius 3 is 2.89 bits per heavy atom. The van der Waals surface area contributed by atoms with Crippen molar-refractivity contribution in [2.45, 2.75) is 6.42 Å². The molecule has 0 saturated carbocycles. The van der Waals surface area contributed by atoms with Gasteiger partial charge in [0.05, 0.1) is 6.54 Å². The van der Waals surface area contributed by atoms with Crippen LogP contribution in [0.1, 0.15) is 6.42 Å². The zero-order chi connectivity index (χ0) is 7.11. The van der Waals surface area contributed by atoms with Crippen LogP contribution in [0.3, 0.4) is 0 Å². The van der Waals surface area contributed by atoms with E-state index in [4.69, 9.17) is 0 Å². The van der Waals surface area contributed by atoms with Crippen LogP contribution in [0.2, 0.25) is 0 Å². The van der Waals surface area contributed by atoms with Gasteiger partial charge in [-0.3, -0.25) is 9.79 Å². The lowest BCUT2D eigenvalue weighted by Crippen LogP contribution is -2.02. The van der Waals surface area contributed by atoms with E-state index >= 15 is 0 Å². The average molecular weight is 145 g/mol. The Labute approximate surface area is 59.7 Å². The van der Waals surface area contributed by atoms with Gasteiger partial charge in [0, 0.05) is 6.42 Å². The quantitative estimate of drug-likeness (QED) is 0.540. The van der Waals surface area contributed by atoms with Crippen LogP contribution in [0.15, 0.2) is 4.99 Å². The molecule has 0 spiro atoms. The highest BCUT2D eigenvalue weighted by Gasteiger charge is 1.96. The maximum atomic E-state index is 10.7. The molecule has 0 aliphatic carbocycles. The largest absolute Gasteiger partial charge is 0.298 e. The lowest BCUT2D eigenvalue weighted by atomic mass is 10.3. The van der Waals surface area contributed by atoms with Gasteiger partial charge in [-0.05, 0) is 18.7 Å². The van der Waals surface area contributed by atoms with Gasteiger partial charge in [-0.2, -0.15) is 11.8 Å². The summed E-state index contributed by atoms with van der Waals surface area (Å²) in [6.07, 6.45) is 2.61. The molecule has 0 aliphatic rings. The molecule has 0 fully saturated rings. The smallest absolute Gasteiger partial charge is 0.154 e. The molecule has 0 heterocycles. The molecule has 2 nitrogen and oxygen atoms in total. The van der Waals surface area contributed by atoms with Gasteiger partial charge in [-0.1, -0.05) is 0 Å². The van der Waals surface area contributed by atoms with Crippen LogP contribution in [0.25, 0.3) is 0 Å². The third-order valence-corrected chi connectivity index (χ3v) is 1.49. The van der Waals surface area contributed by atoms with Gasteiger partial charge < -0.3 is 0 Å². The van der Waals surface area contributed by atoms with E-state index in [0.717, 1.165) is 5.75 Å². The molecule has 3 heteroatoms. The van der Waals surface area contributed by atoms with Gasteiger partial charge in [0.1, 0.15) is 0 Å². The zero-order valence-corrected chi connectivity index (χ0v) is 6.41. The normalized spacial score (nSPS) is 9.00. The van der Waals surface area contributed by atoms with Crippen molar-refractivity contribution in [3.8, 4) is 0 Å². The number of hydrogen-bond acceptors (Lipinski definition) is 3. The molecule has 0 aromatic carbocycles. The fourth-order valence-corrected chi connectivity index (χ4v) is 0.851. The van der Waals surface area contributed by atoms with Gasteiger partial charge in [0.25, 0.3) is 0 Å². The van der Waals surface area contributed by atoms with Gasteiger partial charge in [-0.15, -0.1) is 0 Å². The molecule has 0 rings (SSSR count). The Kier molecular flexibility index (Phi) is 5.62. The predicted molar refractivity (Wildman–Crippen MR) is 42.4 cm³/mol. The van der Waals surface area contributed by atoms with E-state index in [0.29, 0.717) is 6.42 Å². The van der Waals surface area contributed by atoms with Crippen LogP contribution >= 0.6 is 11.8 Å². The Hall–Kier alpha value is -0.310. The van der Waals surface area contributed by atoms with Crippen molar-refractivity contribution >= 4 is 24.3 Å². The van der Waals surface area contributed by atoms with Crippen molar-refractivity contribution in [3.05, 3.63) is 0 Å². The number of hydrogen-bond donors (Lipinski definition) is 0. The first-order valence-electron chi connectivity index (χ1n) is 2.74. The first-order chi connectivity index (χ1) is 4.31. The standard InChI is InChI=1S/C6H11NOS/c1-7-5-6(8)3-4-9-2/h1,3-5H2,2H3. The van der Waals surface area contributed by atoms with E-state index in [1.807, 2.05) is 6.26 Å². The van der Waals surface area contributed by atoms with Crippen molar-refractivity contribution in [1.29, 1.82) is 0 Å². The molecule has 0 aromatic rings. The monoisotopic (exact) mass is 145 g/mol. The summed E-state index contributed by atoms with van der Waals surface area (Å²) in [4.78, 5) is 14.1. The molecule has 52 valence electrons. The molecule has 0 saturated heterocycles. The lowest BCUT2D eigenvalue weighted by molar-refractivity contribution is -0.117. The topological polar surface area (TPSA) is 29.4 Å².